The number of terminal acetylenes is 1. The second-order valence-electron chi connectivity index (χ2n) is 2.44. The maximum atomic E-state index is 9.56. The highest BCUT2D eigenvalue weighted by Crippen LogP contribution is 2.17. The fourth-order valence-corrected chi connectivity index (χ4v) is 0.872. The Morgan fingerprint density at radius 3 is 2.70 bits per heavy atom. The third kappa shape index (κ3) is 2.70. The zero-order valence-corrected chi connectivity index (χ0v) is 6.43. The number of rotatable bonds is 4. The topological polar surface area (TPSA) is 20.2 Å². The summed E-state index contributed by atoms with van der Waals surface area (Å²) >= 11 is 0. The monoisotopic (exact) mass is 138 g/mol. The molecule has 0 rings (SSSR count). The van der Waals surface area contributed by atoms with E-state index >= 15 is 0 Å². The molecule has 0 bridgehead atoms. The molecule has 0 spiro atoms. The standard InChI is InChI=1S/C9H14O/c1-4-7-9(10,6-3)8-5-2/h1,6,10H,3,5,7-8H2,2H3. The van der Waals surface area contributed by atoms with Crippen molar-refractivity contribution in [2.45, 2.75) is 31.8 Å². The molecule has 0 radical (unpaired) electrons. The zero-order chi connectivity index (χ0) is 8.04. The van der Waals surface area contributed by atoms with Crippen LogP contribution >= 0.6 is 0 Å². The Balaban J connectivity index is 3.97. The molecule has 1 heteroatoms. The molecule has 0 aromatic heterocycles. The van der Waals surface area contributed by atoms with Crippen LogP contribution in [0.25, 0.3) is 0 Å². The summed E-state index contributed by atoms with van der Waals surface area (Å²) in [6.07, 6.45) is 8.57. The second kappa shape index (κ2) is 4.14. The maximum absolute atomic E-state index is 9.56. The van der Waals surface area contributed by atoms with Crippen molar-refractivity contribution in [1.82, 2.24) is 0 Å². The Bertz CT molecular complexity index is 143. The lowest BCUT2D eigenvalue weighted by molar-refractivity contribution is 0.0865. The van der Waals surface area contributed by atoms with Crippen LogP contribution in [-0.4, -0.2) is 10.7 Å². The second-order valence-corrected chi connectivity index (χ2v) is 2.44. The van der Waals surface area contributed by atoms with Crippen LogP contribution in [0.3, 0.4) is 0 Å². The molecule has 0 fully saturated rings. The van der Waals surface area contributed by atoms with Gasteiger partial charge in [0.25, 0.3) is 0 Å². The van der Waals surface area contributed by atoms with E-state index in [4.69, 9.17) is 6.42 Å². The predicted octanol–water partition coefficient (Wildman–Crippen LogP) is 1.73. The molecular formula is C9H14O. The highest BCUT2D eigenvalue weighted by molar-refractivity contribution is 5.04. The highest BCUT2D eigenvalue weighted by atomic mass is 16.3. The van der Waals surface area contributed by atoms with E-state index < -0.39 is 5.60 Å². The van der Waals surface area contributed by atoms with Gasteiger partial charge >= 0.3 is 0 Å². The van der Waals surface area contributed by atoms with Crippen LogP contribution in [0, 0.1) is 12.3 Å². The Morgan fingerprint density at radius 1 is 1.80 bits per heavy atom. The summed E-state index contributed by atoms with van der Waals surface area (Å²) in [7, 11) is 0. The molecule has 0 aromatic rings. The van der Waals surface area contributed by atoms with E-state index in [-0.39, 0.29) is 0 Å². The van der Waals surface area contributed by atoms with Crippen molar-refractivity contribution in [3.8, 4) is 12.3 Å². The van der Waals surface area contributed by atoms with Crippen molar-refractivity contribution in [3.63, 3.8) is 0 Å². The number of hydrogen-bond acceptors (Lipinski definition) is 1. The Hall–Kier alpha value is -0.740. The quantitative estimate of drug-likeness (QED) is 0.463. The van der Waals surface area contributed by atoms with Gasteiger partial charge in [-0.2, -0.15) is 0 Å². The van der Waals surface area contributed by atoms with Gasteiger partial charge in [-0.1, -0.05) is 19.4 Å². The Kier molecular flexibility index (Phi) is 3.83. The first kappa shape index (κ1) is 9.26. The minimum Gasteiger partial charge on any atom is -0.385 e. The molecule has 0 aromatic carbocycles. The molecule has 1 atom stereocenters. The van der Waals surface area contributed by atoms with Crippen LogP contribution in [0.4, 0.5) is 0 Å². The lowest BCUT2D eigenvalue weighted by Crippen LogP contribution is -2.24. The maximum Gasteiger partial charge on any atom is 0.0933 e. The van der Waals surface area contributed by atoms with Gasteiger partial charge < -0.3 is 5.11 Å². The minimum atomic E-state index is -0.830. The molecule has 1 unspecified atom stereocenters. The Labute approximate surface area is 62.8 Å². The largest absolute Gasteiger partial charge is 0.385 e. The van der Waals surface area contributed by atoms with Crippen molar-refractivity contribution in [2.24, 2.45) is 0 Å². The van der Waals surface area contributed by atoms with Crippen molar-refractivity contribution in [1.29, 1.82) is 0 Å². The van der Waals surface area contributed by atoms with Crippen LogP contribution < -0.4 is 0 Å². The summed E-state index contributed by atoms with van der Waals surface area (Å²) in [5, 5.41) is 9.56. The molecule has 1 N–H and O–H groups in total. The van der Waals surface area contributed by atoms with Crippen molar-refractivity contribution in [2.75, 3.05) is 0 Å². The van der Waals surface area contributed by atoms with Gasteiger partial charge in [0.1, 0.15) is 0 Å². The van der Waals surface area contributed by atoms with Gasteiger partial charge in [0.15, 0.2) is 0 Å². The van der Waals surface area contributed by atoms with Crippen molar-refractivity contribution in [3.05, 3.63) is 12.7 Å². The van der Waals surface area contributed by atoms with Gasteiger partial charge in [-0.15, -0.1) is 18.9 Å². The van der Waals surface area contributed by atoms with E-state index in [9.17, 15) is 5.11 Å². The summed E-state index contributed by atoms with van der Waals surface area (Å²) in [5.74, 6) is 2.42. The summed E-state index contributed by atoms with van der Waals surface area (Å²) in [4.78, 5) is 0. The summed E-state index contributed by atoms with van der Waals surface area (Å²) in [6, 6.07) is 0. The van der Waals surface area contributed by atoms with Crippen LogP contribution in [-0.2, 0) is 0 Å². The fourth-order valence-electron chi connectivity index (χ4n) is 0.872. The van der Waals surface area contributed by atoms with E-state index in [0.29, 0.717) is 12.8 Å². The molecule has 0 saturated carbocycles. The average molecular weight is 138 g/mol. The van der Waals surface area contributed by atoms with Crippen LogP contribution in [0.15, 0.2) is 12.7 Å². The summed E-state index contributed by atoms with van der Waals surface area (Å²) < 4.78 is 0. The molecule has 56 valence electrons. The predicted molar refractivity (Wildman–Crippen MR) is 43.5 cm³/mol. The lowest BCUT2D eigenvalue weighted by atomic mass is 9.95. The lowest BCUT2D eigenvalue weighted by Gasteiger charge is -2.20. The van der Waals surface area contributed by atoms with Gasteiger partial charge in [-0.25, -0.2) is 0 Å². The average Bonchev–Trinajstić information content (AvgIpc) is 1.89. The van der Waals surface area contributed by atoms with E-state index in [1.807, 2.05) is 6.92 Å². The smallest absolute Gasteiger partial charge is 0.0933 e. The first-order chi connectivity index (χ1) is 4.68. The first-order valence-electron chi connectivity index (χ1n) is 3.48. The first-order valence-corrected chi connectivity index (χ1v) is 3.48. The minimum absolute atomic E-state index is 0.365. The number of hydrogen-bond donors (Lipinski definition) is 1. The molecular weight excluding hydrogens is 124 g/mol. The third-order valence-electron chi connectivity index (χ3n) is 1.47. The highest BCUT2D eigenvalue weighted by Gasteiger charge is 2.19. The zero-order valence-electron chi connectivity index (χ0n) is 6.43. The van der Waals surface area contributed by atoms with Gasteiger partial charge in [0.05, 0.1) is 5.60 Å². The molecule has 0 aliphatic carbocycles. The molecule has 0 aliphatic heterocycles. The normalized spacial score (nSPS) is 15.3. The van der Waals surface area contributed by atoms with Gasteiger partial charge in [0.2, 0.25) is 0 Å². The van der Waals surface area contributed by atoms with Gasteiger partial charge in [-0.3, -0.25) is 0 Å². The van der Waals surface area contributed by atoms with Crippen LogP contribution in [0.1, 0.15) is 26.2 Å². The molecule has 10 heavy (non-hydrogen) atoms. The molecule has 0 heterocycles. The molecule has 1 nitrogen and oxygen atoms in total. The van der Waals surface area contributed by atoms with Crippen molar-refractivity contribution >= 4 is 0 Å². The van der Waals surface area contributed by atoms with Crippen LogP contribution in [0.5, 0.6) is 0 Å². The van der Waals surface area contributed by atoms with E-state index in [2.05, 4.69) is 12.5 Å². The fraction of sp³-hybridized carbons (Fsp3) is 0.556. The van der Waals surface area contributed by atoms with E-state index in [1.165, 1.54) is 6.08 Å². The summed E-state index contributed by atoms with van der Waals surface area (Å²) in [5.41, 5.74) is -0.830. The molecule has 0 aliphatic rings. The van der Waals surface area contributed by atoms with E-state index in [0.717, 1.165) is 6.42 Å². The van der Waals surface area contributed by atoms with Gasteiger partial charge in [-0.05, 0) is 6.42 Å². The van der Waals surface area contributed by atoms with Gasteiger partial charge in [0, 0.05) is 6.42 Å². The number of aliphatic hydroxyl groups is 1. The van der Waals surface area contributed by atoms with E-state index in [1.54, 1.807) is 0 Å². The molecule has 0 amide bonds. The van der Waals surface area contributed by atoms with Crippen LogP contribution in [0.2, 0.25) is 0 Å². The Morgan fingerprint density at radius 2 is 2.40 bits per heavy atom. The third-order valence-corrected chi connectivity index (χ3v) is 1.47. The summed E-state index contributed by atoms with van der Waals surface area (Å²) in [6.45, 7) is 5.53. The SMILES string of the molecule is C#CCC(O)(C=C)CCC. The molecule has 0 saturated heterocycles. The van der Waals surface area contributed by atoms with Crippen molar-refractivity contribution < 1.29 is 5.11 Å².